The second kappa shape index (κ2) is 8.84. The fraction of sp³-hybridized carbons (Fsp3) is 0.167. The fourth-order valence-electron chi connectivity index (χ4n) is 1.98. The summed E-state index contributed by atoms with van der Waals surface area (Å²) in [6.45, 7) is 2.69. The monoisotopic (exact) mass is 360 g/mol. The normalized spacial score (nSPS) is 10.6. The number of carbonyl (C=O) groups excluding carboxylic acids is 1. The van der Waals surface area contributed by atoms with Crippen molar-refractivity contribution in [1.82, 2.24) is 0 Å². The highest BCUT2D eigenvalue weighted by Crippen LogP contribution is 2.27. The standard InChI is InChI=1S/C18H17ClN2O4/c1-2-11-25-15-7-3-13(4-8-15)5-10-18(22)20-14-6-9-16(19)17(12-14)21(23)24/h3-10,12H,2,11H2,1H3,(H,20,22). The lowest BCUT2D eigenvalue weighted by Gasteiger charge is -2.04. The van der Waals surface area contributed by atoms with Gasteiger partial charge in [0.05, 0.1) is 11.5 Å². The largest absolute Gasteiger partial charge is 0.494 e. The summed E-state index contributed by atoms with van der Waals surface area (Å²) in [5.74, 6) is 0.375. The van der Waals surface area contributed by atoms with E-state index in [9.17, 15) is 14.9 Å². The van der Waals surface area contributed by atoms with Crippen molar-refractivity contribution in [3.63, 3.8) is 0 Å². The summed E-state index contributed by atoms with van der Waals surface area (Å²) < 4.78 is 5.49. The molecule has 7 heteroatoms. The van der Waals surface area contributed by atoms with Crippen LogP contribution in [0, 0.1) is 10.1 Å². The molecular weight excluding hydrogens is 344 g/mol. The van der Waals surface area contributed by atoms with Gasteiger partial charge in [-0.25, -0.2) is 0 Å². The van der Waals surface area contributed by atoms with Gasteiger partial charge in [0, 0.05) is 17.8 Å². The summed E-state index contributed by atoms with van der Waals surface area (Å²) in [5, 5.41) is 13.4. The highest BCUT2D eigenvalue weighted by atomic mass is 35.5. The zero-order valence-electron chi connectivity index (χ0n) is 13.6. The first kappa shape index (κ1) is 18.5. The van der Waals surface area contributed by atoms with Crippen LogP contribution in [-0.2, 0) is 4.79 Å². The zero-order valence-corrected chi connectivity index (χ0v) is 14.3. The Hall–Kier alpha value is -2.86. The number of hydrogen-bond donors (Lipinski definition) is 1. The highest BCUT2D eigenvalue weighted by molar-refractivity contribution is 6.32. The van der Waals surface area contributed by atoms with Crippen LogP contribution in [-0.4, -0.2) is 17.4 Å². The van der Waals surface area contributed by atoms with Crippen molar-refractivity contribution in [3.8, 4) is 5.75 Å². The summed E-state index contributed by atoms with van der Waals surface area (Å²) in [6.07, 6.45) is 3.93. The third-order valence-electron chi connectivity index (χ3n) is 3.19. The lowest BCUT2D eigenvalue weighted by Crippen LogP contribution is -2.08. The van der Waals surface area contributed by atoms with Crippen LogP contribution < -0.4 is 10.1 Å². The smallest absolute Gasteiger partial charge is 0.289 e. The highest BCUT2D eigenvalue weighted by Gasteiger charge is 2.13. The van der Waals surface area contributed by atoms with Crippen molar-refractivity contribution in [2.45, 2.75) is 13.3 Å². The summed E-state index contributed by atoms with van der Waals surface area (Å²) in [7, 11) is 0. The minimum Gasteiger partial charge on any atom is -0.494 e. The number of anilines is 1. The Labute approximate surface area is 150 Å². The van der Waals surface area contributed by atoms with E-state index in [1.54, 1.807) is 6.08 Å². The number of nitro groups is 1. The Morgan fingerprint density at radius 3 is 2.64 bits per heavy atom. The number of nitrogens with zero attached hydrogens (tertiary/aromatic N) is 1. The second-order valence-electron chi connectivity index (χ2n) is 5.16. The van der Waals surface area contributed by atoms with E-state index in [-0.39, 0.29) is 10.7 Å². The Morgan fingerprint density at radius 1 is 1.28 bits per heavy atom. The van der Waals surface area contributed by atoms with E-state index in [1.807, 2.05) is 31.2 Å². The third kappa shape index (κ3) is 5.61. The molecule has 0 fully saturated rings. The molecular formula is C18H17ClN2O4. The van der Waals surface area contributed by atoms with Gasteiger partial charge in [0.1, 0.15) is 10.8 Å². The number of ether oxygens (including phenoxy) is 1. The van der Waals surface area contributed by atoms with E-state index >= 15 is 0 Å². The zero-order chi connectivity index (χ0) is 18.2. The van der Waals surface area contributed by atoms with Gasteiger partial charge in [-0.05, 0) is 42.3 Å². The molecule has 25 heavy (non-hydrogen) atoms. The Morgan fingerprint density at radius 2 is 2.00 bits per heavy atom. The van der Waals surface area contributed by atoms with Crippen molar-refractivity contribution in [3.05, 3.63) is 69.2 Å². The Bertz CT molecular complexity index is 788. The molecule has 0 radical (unpaired) electrons. The van der Waals surface area contributed by atoms with E-state index in [1.165, 1.54) is 24.3 Å². The van der Waals surface area contributed by atoms with Gasteiger partial charge in [0.15, 0.2) is 0 Å². The molecule has 0 aliphatic carbocycles. The van der Waals surface area contributed by atoms with Crippen LogP contribution in [0.25, 0.3) is 6.08 Å². The first-order valence-electron chi connectivity index (χ1n) is 7.65. The van der Waals surface area contributed by atoms with Gasteiger partial charge in [0.2, 0.25) is 5.91 Å². The number of benzene rings is 2. The number of carbonyl (C=O) groups is 1. The van der Waals surface area contributed by atoms with Crippen LogP contribution in [0.4, 0.5) is 11.4 Å². The van der Waals surface area contributed by atoms with Gasteiger partial charge in [-0.3, -0.25) is 14.9 Å². The van der Waals surface area contributed by atoms with Crippen LogP contribution in [0.2, 0.25) is 5.02 Å². The van der Waals surface area contributed by atoms with Crippen molar-refractivity contribution in [2.75, 3.05) is 11.9 Å². The third-order valence-corrected chi connectivity index (χ3v) is 3.51. The lowest BCUT2D eigenvalue weighted by molar-refractivity contribution is -0.384. The molecule has 0 aromatic heterocycles. The van der Waals surface area contributed by atoms with Crippen LogP contribution in [0.5, 0.6) is 5.75 Å². The van der Waals surface area contributed by atoms with E-state index in [2.05, 4.69) is 5.32 Å². The van der Waals surface area contributed by atoms with Crippen molar-refractivity contribution >= 4 is 35.0 Å². The van der Waals surface area contributed by atoms with Crippen molar-refractivity contribution in [2.24, 2.45) is 0 Å². The van der Waals surface area contributed by atoms with E-state index in [4.69, 9.17) is 16.3 Å². The van der Waals surface area contributed by atoms with E-state index in [0.29, 0.717) is 12.3 Å². The first-order chi connectivity index (χ1) is 12.0. The summed E-state index contributed by atoms with van der Waals surface area (Å²) >= 11 is 5.73. The van der Waals surface area contributed by atoms with Gasteiger partial charge in [-0.2, -0.15) is 0 Å². The predicted molar refractivity (Wildman–Crippen MR) is 98.0 cm³/mol. The number of amides is 1. The van der Waals surface area contributed by atoms with E-state index in [0.717, 1.165) is 17.7 Å². The van der Waals surface area contributed by atoms with Crippen LogP contribution in [0.3, 0.4) is 0 Å². The molecule has 2 rings (SSSR count). The number of nitrogens with one attached hydrogen (secondary N) is 1. The Kier molecular flexibility index (Phi) is 6.54. The molecule has 2 aromatic carbocycles. The molecule has 0 aliphatic heterocycles. The first-order valence-corrected chi connectivity index (χ1v) is 8.03. The second-order valence-corrected chi connectivity index (χ2v) is 5.57. The van der Waals surface area contributed by atoms with Gasteiger partial charge >= 0.3 is 0 Å². The van der Waals surface area contributed by atoms with Gasteiger partial charge in [0.25, 0.3) is 5.69 Å². The summed E-state index contributed by atoms with van der Waals surface area (Å²) in [4.78, 5) is 22.2. The molecule has 0 heterocycles. The molecule has 0 bridgehead atoms. The number of halogens is 1. The molecule has 0 unspecified atom stereocenters. The molecule has 0 aliphatic rings. The minimum atomic E-state index is -0.601. The Balaban J connectivity index is 1.99. The maximum atomic E-state index is 11.9. The van der Waals surface area contributed by atoms with Gasteiger partial charge in [-0.15, -0.1) is 0 Å². The predicted octanol–water partition coefficient (Wildman–Crippen LogP) is 4.69. The molecule has 0 saturated carbocycles. The fourth-order valence-corrected chi connectivity index (χ4v) is 2.17. The topological polar surface area (TPSA) is 81.5 Å². The molecule has 0 spiro atoms. The van der Waals surface area contributed by atoms with Crippen LogP contribution in [0.15, 0.2) is 48.5 Å². The molecule has 130 valence electrons. The SMILES string of the molecule is CCCOc1ccc(C=CC(=O)Nc2ccc(Cl)c([N+](=O)[O-])c2)cc1. The average molecular weight is 361 g/mol. The molecule has 1 N–H and O–H groups in total. The van der Waals surface area contributed by atoms with Crippen LogP contribution in [0.1, 0.15) is 18.9 Å². The minimum absolute atomic E-state index is 0.0175. The van der Waals surface area contributed by atoms with E-state index < -0.39 is 10.8 Å². The maximum Gasteiger partial charge on any atom is 0.289 e. The van der Waals surface area contributed by atoms with Crippen molar-refractivity contribution < 1.29 is 14.5 Å². The number of nitro benzene ring substituents is 1. The molecule has 0 saturated heterocycles. The van der Waals surface area contributed by atoms with Gasteiger partial charge < -0.3 is 10.1 Å². The molecule has 0 atom stereocenters. The summed E-state index contributed by atoms with van der Waals surface area (Å²) in [5.41, 5.74) is 0.876. The van der Waals surface area contributed by atoms with Gasteiger partial charge in [-0.1, -0.05) is 30.7 Å². The molecule has 6 nitrogen and oxygen atoms in total. The quantitative estimate of drug-likeness (QED) is 0.441. The number of rotatable bonds is 7. The maximum absolute atomic E-state index is 11.9. The molecule has 2 aromatic rings. The summed E-state index contributed by atoms with van der Waals surface area (Å²) in [6, 6.07) is 11.4. The molecule has 1 amide bonds. The lowest BCUT2D eigenvalue weighted by atomic mass is 10.2. The van der Waals surface area contributed by atoms with Crippen molar-refractivity contribution in [1.29, 1.82) is 0 Å². The average Bonchev–Trinajstić information content (AvgIpc) is 2.60. The number of hydrogen-bond acceptors (Lipinski definition) is 4. The van der Waals surface area contributed by atoms with Crippen LogP contribution >= 0.6 is 11.6 Å².